The molecule has 1 saturated carbocycles. The molecule has 16 heavy (non-hydrogen) atoms. The van der Waals surface area contributed by atoms with Gasteiger partial charge in [-0.05, 0) is 30.7 Å². The highest BCUT2D eigenvalue weighted by atomic mass is 32.1. The minimum atomic E-state index is 0.198. The highest BCUT2D eigenvalue weighted by Gasteiger charge is 2.21. The molecule has 0 bridgehead atoms. The number of carbonyl (C=O) groups is 1. The molecule has 1 aliphatic carbocycles. The summed E-state index contributed by atoms with van der Waals surface area (Å²) in [6.07, 6.45) is 3.42. The third-order valence-corrected chi connectivity index (χ3v) is 3.75. The Morgan fingerprint density at radius 2 is 2.44 bits per heavy atom. The van der Waals surface area contributed by atoms with Crippen molar-refractivity contribution in [3.63, 3.8) is 0 Å². The van der Waals surface area contributed by atoms with Crippen molar-refractivity contribution in [3.05, 3.63) is 22.4 Å². The molecule has 0 saturated heterocycles. The Labute approximate surface area is 100 Å². The maximum atomic E-state index is 11.7. The molecular formula is C12H18N2OS. The highest BCUT2D eigenvalue weighted by molar-refractivity contribution is 7.09. The fourth-order valence-corrected chi connectivity index (χ4v) is 2.21. The zero-order valence-electron chi connectivity index (χ0n) is 9.61. The summed E-state index contributed by atoms with van der Waals surface area (Å²) >= 11 is 1.75. The molecule has 0 radical (unpaired) electrons. The summed E-state index contributed by atoms with van der Waals surface area (Å²) in [6.45, 7) is 1.30. The van der Waals surface area contributed by atoms with E-state index in [-0.39, 0.29) is 5.91 Å². The summed E-state index contributed by atoms with van der Waals surface area (Å²) in [5.74, 6) is 0.198. The Balaban J connectivity index is 1.65. The number of carbonyl (C=O) groups excluding carboxylic acids is 1. The second kappa shape index (κ2) is 5.46. The molecule has 0 spiro atoms. The van der Waals surface area contributed by atoms with Crippen LogP contribution in [0.1, 0.15) is 17.7 Å². The van der Waals surface area contributed by atoms with Gasteiger partial charge in [-0.25, -0.2) is 0 Å². The van der Waals surface area contributed by atoms with E-state index < -0.39 is 0 Å². The summed E-state index contributed by atoms with van der Waals surface area (Å²) in [5.41, 5.74) is 0. The maximum absolute atomic E-state index is 11.7. The largest absolute Gasteiger partial charge is 0.344 e. The molecule has 0 aromatic carbocycles. The fraction of sp³-hybridized carbons (Fsp3) is 0.583. The van der Waals surface area contributed by atoms with Crippen LogP contribution in [-0.4, -0.2) is 37.0 Å². The molecule has 88 valence electrons. The number of thiophene rings is 1. The number of rotatable bonds is 6. The van der Waals surface area contributed by atoms with E-state index in [0.717, 1.165) is 13.0 Å². The van der Waals surface area contributed by atoms with E-state index in [2.05, 4.69) is 22.8 Å². The molecular weight excluding hydrogens is 220 g/mol. The van der Waals surface area contributed by atoms with Crippen molar-refractivity contribution in [1.29, 1.82) is 0 Å². The van der Waals surface area contributed by atoms with Crippen LogP contribution in [0, 0.1) is 0 Å². The van der Waals surface area contributed by atoms with Crippen LogP contribution in [0.3, 0.4) is 0 Å². The van der Waals surface area contributed by atoms with E-state index in [9.17, 15) is 4.79 Å². The van der Waals surface area contributed by atoms with Crippen LogP contribution < -0.4 is 5.32 Å². The van der Waals surface area contributed by atoms with Crippen molar-refractivity contribution < 1.29 is 4.79 Å². The van der Waals surface area contributed by atoms with Crippen molar-refractivity contribution in [2.24, 2.45) is 0 Å². The van der Waals surface area contributed by atoms with Crippen LogP contribution in [0.25, 0.3) is 0 Å². The molecule has 1 N–H and O–H groups in total. The predicted molar refractivity (Wildman–Crippen MR) is 66.7 cm³/mol. The third-order valence-electron chi connectivity index (χ3n) is 2.82. The van der Waals surface area contributed by atoms with Crippen molar-refractivity contribution in [3.8, 4) is 0 Å². The van der Waals surface area contributed by atoms with Crippen LogP contribution in [0.2, 0.25) is 0 Å². The second-order valence-electron chi connectivity index (χ2n) is 4.30. The van der Waals surface area contributed by atoms with Crippen LogP contribution in [0.4, 0.5) is 0 Å². The van der Waals surface area contributed by atoms with E-state index in [4.69, 9.17) is 0 Å². The number of nitrogens with zero attached hydrogens (tertiary/aromatic N) is 1. The molecule has 3 nitrogen and oxygen atoms in total. The Morgan fingerprint density at radius 3 is 3.06 bits per heavy atom. The van der Waals surface area contributed by atoms with Gasteiger partial charge in [0.1, 0.15) is 0 Å². The number of hydrogen-bond acceptors (Lipinski definition) is 3. The molecule has 1 heterocycles. The molecule has 1 aromatic rings. The van der Waals surface area contributed by atoms with Gasteiger partial charge < -0.3 is 10.2 Å². The average molecular weight is 238 g/mol. The van der Waals surface area contributed by atoms with Crippen LogP contribution in [0.5, 0.6) is 0 Å². The van der Waals surface area contributed by atoms with Gasteiger partial charge in [-0.3, -0.25) is 4.79 Å². The zero-order valence-corrected chi connectivity index (χ0v) is 10.4. The molecule has 0 atom stereocenters. The SMILES string of the molecule is CN(CCc1cccs1)C(=O)CNC1CC1. The number of amides is 1. The van der Waals surface area contributed by atoms with Gasteiger partial charge in [0.05, 0.1) is 6.54 Å². The number of likely N-dealkylation sites (N-methyl/N-ethyl adjacent to an activating group) is 1. The maximum Gasteiger partial charge on any atom is 0.236 e. The first-order valence-corrected chi connectivity index (χ1v) is 6.63. The average Bonchev–Trinajstić information content (AvgIpc) is 2.97. The van der Waals surface area contributed by atoms with Crippen molar-refractivity contribution >= 4 is 17.2 Å². The van der Waals surface area contributed by atoms with Gasteiger partial charge in [-0.1, -0.05) is 6.07 Å². The molecule has 0 unspecified atom stereocenters. The summed E-state index contributed by atoms with van der Waals surface area (Å²) < 4.78 is 0. The smallest absolute Gasteiger partial charge is 0.236 e. The lowest BCUT2D eigenvalue weighted by Gasteiger charge is -2.16. The molecule has 1 aromatic heterocycles. The standard InChI is InChI=1S/C12H18N2OS/c1-14(7-6-11-3-2-8-16-11)12(15)9-13-10-4-5-10/h2-3,8,10,13H,4-7,9H2,1H3. The Hall–Kier alpha value is -0.870. The van der Waals surface area contributed by atoms with E-state index in [1.807, 2.05) is 11.9 Å². The van der Waals surface area contributed by atoms with Gasteiger partial charge in [-0.2, -0.15) is 0 Å². The van der Waals surface area contributed by atoms with Crippen LogP contribution in [0.15, 0.2) is 17.5 Å². The second-order valence-corrected chi connectivity index (χ2v) is 5.33. The van der Waals surface area contributed by atoms with Gasteiger partial charge in [0.15, 0.2) is 0 Å². The van der Waals surface area contributed by atoms with Gasteiger partial charge in [0.2, 0.25) is 5.91 Å². The van der Waals surface area contributed by atoms with E-state index in [1.165, 1.54) is 17.7 Å². The molecule has 2 rings (SSSR count). The molecule has 1 amide bonds. The Kier molecular flexibility index (Phi) is 3.96. The lowest BCUT2D eigenvalue weighted by atomic mass is 10.3. The van der Waals surface area contributed by atoms with E-state index in [1.54, 1.807) is 11.3 Å². The fourth-order valence-electron chi connectivity index (χ4n) is 1.51. The molecule has 1 fully saturated rings. The molecule has 4 heteroatoms. The first kappa shape index (κ1) is 11.6. The summed E-state index contributed by atoms with van der Waals surface area (Å²) in [6, 6.07) is 4.77. The van der Waals surface area contributed by atoms with Gasteiger partial charge in [0.25, 0.3) is 0 Å². The van der Waals surface area contributed by atoms with Gasteiger partial charge in [0, 0.05) is 24.5 Å². The van der Waals surface area contributed by atoms with Gasteiger partial charge >= 0.3 is 0 Å². The monoisotopic (exact) mass is 238 g/mol. The third kappa shape index (κ3) is 3.61. The number of hydrogen-bond donors (Lipinski definition) is 1. The van der Waals surface area contributed by atoms with Crippen molar-refractivity contribution in [1.82, 2.24) is 10.2 Å². The van der Waals surface area contributed by atoms with Crippen LogP contribution >= 0.6 is 11.3 Å². The summed E-state index contributed by atoms with van der Waals surface area (Å²) in [7, 11) is 1.88. The van der Waals surface area contributed by atoms with E-state index in [0.29, 0.717) is 12.6 Å². The lowest BCUT2D eigenvalue weighted by Crippen LogP contribution is -2.37. The Morgan fingerprint density at radius 1 is 1.62 bits per heavy atom. The summed E-state index contributed by atoms with van der Waals surface area (Å²) in [4.78, 5) is 14.9. The minimum absolute atomic E-state index is 0.198. The molecule has 1 aliphatic rings. The Bertz CT molecular complexity index is 333. The van der Waals surface area contributed by atoms with Crippen molar-refractivity contribution in [2.75, 3.05) is 20.1 Å². The highest BCUT2D eigenvalue weighted by Crippen LogP contribution is 2.18. The topological polar surface area (TPSA) is 32.3 Å². The zero-order chi connectivity index (χ0) is 11.4. The van der Waals surface area contributed by atoms with Crippen LogP contribution in [-0.2, 0) is 11.2 Å². The molecule has 0 aliphatic heterocycles. The van der Waals surface area contributed by atoms with Crippen molar-refractivity contribution in [2.45, 2.75) is 25.3 Å². The minimum Gasteiger partial charge on any atom is -0.344 e. The number of nitrogens with one attached hydrogen (secondary N) is 1. The van der Waals surface area contributed by atoms with Gasteiger partial charge in [-0.15, -0.1) is 11.3 Å². The quantitative estimate of drug-likeness (QED) is 0.814. The van der Waals surface area contributed by atoms with E-state index >= 15 is 0 Å². The first-order chi connectivity index (χ1) is 7.75. The first-order valence-electron chi connectivity index (χ1n) is 5.75. The predicted octanol–water partition coefficient (Wildman–Crippen LogP) is 1.50. The summed E-state index contributed by atoms with van der Waals surface area (Å²) in [5, 5.41) is 5.32. The lowest BCUT2D eigenvalue weighted by molar-refractivity contribution is -0.128. The normalized spacial score (nSPS) is 15.1.